The second-order valence-electron chi connectivity index (χ2n) is 14.1. The lowest BCUT2D eigenvalue weighted by Gasteiger charge is -2.44. The quantitative estimate of drug-likeness (QED) is 0.181. The van der Waals surface area contributed by atoms with E-state index in [1.54, 1.807) is 0 Å². The standard InChI is InChI=1S/C41H53N3O7/c1-29-37(27-44-21-18-41(19-22-44)48-23-24-49-41)50-40(51-39(29)34-12-10-31(28-45)11-13-34)35-16-14-33(15-17-35)36-8-6-7-32(25-36)26-43-38(47)9-4-3-5-20-42-30(2)46/h6-8,10-17,25,29,37,39-40,45H,3-5,9,18-24,26-28H2,1-2H3,(H,42,46)(H,43,47)/t29-,37+,39+,40+/m0/s1. The molecule has 274 valence electrons. The van der Waals surface area contributed by atoms with Crippen molar-refractivity contribution >= 4 is 11.8 Å². The number of carbonyl (C=O) groups excluding carboxylic acids is 2. The molecule has 0 unspecified atom stereocenters. The Balaban J connectivity index is 1.08. The molecule has 0 saturated carbocycles. The number of piperidine rings is 1. The van der Waals surface area contributed by atoms with E-state index in [9.17, 15) is 14.7 Å². The first-order valence-corrected chi connectivity index (χ1v) is 18.5. The van der Waals surface area contributed by atoms with E-state index in [2.05, 4.69) is 71.0 Å². The van der Waals surface area contributed by atoms with Crippen molar-refractivity contribution in [2.45, 2.75) is 89.8 Å². The zero-order chi connectivity index (χ0) is 35.6. The van der Waals surface area contributed by atoms with Crippen LogP contribution in [0.4, 0.5) is 0 Å². The molecule has 10 nitrogen and oxygen atoms in total. The van der Waals surface area contributed by atoms with Gasteiger partial charge in [0.15, 0.2) is 12.1 Å². The van der Waals surface area contributed by atoms with Crippen molar-refractivity contribution in [2.24, 2.45) is 5.92 Å². The number of nitrogens with zero attached hydrogens (tertiary/aromatic N) is 1. The minimum absolute atomic E-state index is 0.00647. The lowest BCUT2D eigenvalue weighted by atomic mass is 9.89. The maximum Gasteiger partial charge on any atom is 0.220 e. The highest BCUT2D eigenvalue weighted by Gasteiger charge is 2.43. The molecule has 3 saturated heterocycles. The van der Waals surface area contributed by atoms with Crippen LogP contribution in [0.15, 0.2) is 72.8 Å². The molecule has 3 aliphatic heterocycles. The number of carbonyl (C=O) groups is 2. The zero-order valence-corrected chi connectivity index (χ0v) is 30.0. The van der Waals surface area contributed by atoms with Crippen molar-refractivity contribution < 1.29 is 33.6 Å². The summed E-state index contributed by atoms with van der Waals surface area (Å²) in [6.45, 7) is 8.77. The van der Waals surface area contributed by atoms with E-state index in [0.717, 1.165) is 85.1 Å². The van der Waals surface area contributed by atoms with E-state index in [4.69, 9.17) is 18.9 Å². The summed E-state index contributed by atoms with van der Waals surface area (Å²) in [5.74, 6) is -0.295. The topological polar surface area (TPSA) is 119 Å². The van der Waals surface area contributed by atoms with Gasteiger partial charge in [-0.05, 0) is 46.7 Å². The maximum absolute atomic E-state index is 12.4. The number of unbranched alkanes of at least 4 members (excludes halogenated alkanes) is 2. The molecule has 4 atom stereocenters. The fourth-order valence-electron chi connectivity index (χ4n) is 7.28. The predicted octanol–water partition coefficient (Wildman–Crippen LogP) is 5.79. The van der Waals surface area contributed by atoms with Crippen LogP contribution in [0.25, 0.3) is 11.1 Å². The van der Waals surface area contributed by atoms with Crippen molar-refractivity contribution in [3.8, 4) is 11.1 Å². The van der Waals surface area contributed by atoms with Gasteiger partial charge in [0.25, 0.3) is 0 Å². The van der Waals surface area contributed by atoms with Crippen molar-refractivity contribution in [2.75, 3.05) is 39.4 Å². The summed E-state index contributed by atoms with van der Waals surface area (Å²) in [4.78, 5) is 25.9. The van der Waals surface area contributed by atoms with Gasteiger partial charge in [0.05, 0.1) is 32.0 Å². The first-order chi connectivity index (χ1) is 24.8. The van der Waals surface area contributed by atoms with Crippen LogP contribution in [0.1, 0.15) is 87.0 Å². The Morgan fingerprint density at radius 1 is 0.843 bits per heavy atom. The average Bonchev–Trinajstić information content (AvgIpc) is 3.62. The number of nitrogens with one attached hydrogen (secondary N) is 2. The van der Waals surface area contributed by atoms with Crippen LogP contribution in [0, 0.1) is 5.92 Å². The summed E-state index contributed by atoms with van der Waals surface area (Å²) in [5, 5.41) is 15.4. The number of likely N-dealkylation sites (tertiary alicyclic amines) is 1. The second kappa shape index (κ2) is 17.7. The van der Waals surface area contributed by atoms with Crippen molar-refractivity contribution in [1.82, 2.24) is 15.5 Å². The van der Waals surface area contributed by atoms with E-state index >= 15 is 0 Å². The van der Waals surface area contributed by atoms with Gasteiger partial charge in [-0.25, -0.2) is 0 Å². The van der Waals surface area contributed by atoms with Gasteiger partial charge in [0.2, 0.25) is 11.8 Å². The molecule has 3 fully saturated rings. The third-order valence-corrected chi connectivity index (χ3v) is 10.4. The summed E-state index contributed by atoms with van der Waals surface area (Å²) in [6.07, 6.45) is 4.00. The molecule has 3 aromatic carbocycles. The van der Waals surface area contributed by atoms with E-state index in [1.165, 1.54) is 6.92 Å². The molecular weight excluding hydrogens is 646 g/mol. The number of rotatable bonds is 14. The second-order valence-corrected chi connectivity index (χ2v) is 14.1. The smallest absolute Gasteiger partial charge is 0.220 e. The highest BCUT2D eigenvalue weighted by atomic mass is 16.7. The molecule has 10 heteroatoms. The average molecular weight is 700 g/mol. The third-order valence-electron chi connectivity index (χ3n) is 10.4. The summed E-state index contributed by atoms with van der Waals surface area (Å²) >= 11 is 0. The molecular formula is C41H53N3O7. The van der Waals surface area contributed by atoms with Gasteiger partial charge < -0.3 is 39.6 Å². The van der Waals surface area contributed by atoms with E-state index in [0.29, 0.717) is 32.7 Å². The highest BCUT2D eigenvalue weighted by molar-refractivity contribution is 5.76. The Bertz CT molecular complexity index is 1560. The Morgan fingerprint density at radius 2 is 1.57 bits per heavy atom. The molecule has 0 aromatic heterocycles. The third kappa shape index (κ3) is 10.0. The van der Waals surface area contributed by atoms with Crippen LogP contribution < -0.4 is 10.6 Å². The van der Waals surface area contributed by atoms with Crippen LogP contribution in [0.5, 0.6) is 0 Å². The SMILES string of the molecule is CC(=O)NCCCCCC(=O)NCc1cccc(-c2ccc([C@@H]3O[C@H](CN4CCC5(CC4)OCCO5)[C@H](C)[C@H](c4ccc(CO)cc4)O3)cc2)c1. The van der Waals surface area contributed by atoms with E-state index in [1.807, 2.05) is 24.3 Å². The number of ether oxygens (including phenoxy) is 4. The molecule has 3 aromatic rings. The van der Waals surface area contributed by atoms with Crippen molar-refractivity contribution in [1.29, 1.82) is 0 Å². The summed E-state index contributed by atoms with van der Waals surface area (Å²) in [5.41, 5.74) is 6.09. The molecule has 2 amide bonds. The van der Waals surface area contributed by atoms with Gasteiger partial charge in [-0.3, -0.25) is 9.59 Å². The molecule has 1 spiro atoms. The van der Waals surface area contributed by atoms with Crippen LogP contribution >= 0.6 is 0 Å². The fourth-order valence-corrected chi connectivity index (χ4v) is 7.28. The Labute approximate surface area is 301 Å². The molecule has 6 rings (SSSR count). The lowest BCUT2D eigenvalue weighted by Crippen LogP contribution is -2.50. The summed E-state index contributed by atoms with van der Waals surface area (Å²) < 4.78 is 25.4. The number of hydrogen-bond donors (Lipinski definition) is 3. The van der Waals surface area contributed by atoms with Gasteiger partial charge >= 0.3 is 0 Å². The number of aliphatic hydroxyl groups is 1. The van der Waals surface area contributed by atoms with Crippen LogP contribution in [-0.2, 0) is 41.7 Å². The summed E-state index contributed by atoms with van der Waals surface area (Å²) in [7, 11) is 0. The number of amides is 2. The molecule has 0 aliphatic carbocycles. The number of aliphatic hydroxyl groups excluding tert-OH is 1. The highest BCUT2D eigenvalue weighted by Crippen LogP contribution is 2.43. The Morgan fingerprint density at radius 3 is 2.27 bits per heavy atom. The summed E-state index contributed by atoms with van der Waals surface area (Å²) in [6, 6.07) is 24.6. The first kappa shape index (κ1) is 37.1. The molecule has 0 bridgehead atoms. The van der Waals surface area contributed by atoms with Gasteiger partial charge in [0.1, 0.15) is 0 Å². The fraction of sp³-hybridized carbons (Fsp3) is 0.512. The van der Waals surface area contributed by atoms with Gasteiger partial charge in [-0.15, -0.1) is 0 Å². The largest absolute Gasteiger partial charge is 0.392 e. The Hall–Kier alpha value is -3.64. The predicted molar refractivity (Wildman–Crippen MR) is 194 cm³/mol. The zero-order valence-electron chi connectivity index (χ0n) is 30.0. The van der Waals surface area contributed by atoms with Gasteiger partial charge in [0, 0.05) is 70.4 Å². The monoisotopic (exact) mass is 699 g/mol. The number of hydrogen-bond acceptors (Lipinski definition) is 8. The maximum atomic E-state index is 12.4. The molecule has 3 N–H and O–H groups in total. The van der Waals surface area contributed by atoms with Crippen LogP contribution in [-0.4, -0.2) is 73.1 Å². The van der Waals surface area contributed by atoms with E-state index < -0.39 is 12.1 Å². The minimum atomic E-state index is -0.535. The molecule has 0 radical (unpaired) electrons. The van der Waals surface area contributed by atoms with E-state index in [-0.39, 0.29) is 36.5 Å². The van der Waals surface area contributed by atoms with Crippen LogP contribution in [0.3, 0.4) is 0 Å². The normalized spacial score (nSPS) is 23.3. The Kier molecular flexibility index (Phi) is 12.9. The van der Waals surface area contributed by atoms with Gasteiger partial charge in [-0.2, -0.15) is 0 Å². The minimum Gasteiger partial charge on any atom is -0.392 e. The molecule has 51 heavy (non-hydrogen) atoms. The van der Waals surface area contributed by atoms with Crippen LogP contribution in [0.2, 0.25) is 0 Å². The molecule has 3 heterocycles. The molecule has 3 aliphatic rings. The van der Waals surface area contributed by atoms with Gasteiger partial charge in [-0.1, -0.05) is 80.1 Å². The number of benzene rings is 3. The van der Waals surface area contributed by atoms with Crippen molar-refractivity contribution in [3.63, 3.8) is 0 Å². The lowest BCUT2D eigenvalue weighted by molar-refractivity contribution is -0.278. The first-order valence-electron chi connectivity index (χ1n) is 18.5. The van der Waals surface area contributed by atoms with Crippen molar-refractivity contribution in [3.05, 3.63) is 95.1 Å².